The molecule has 23 heavy (non-hydrogen) atoms. The molecule has 0 aliphatic carbocycles. The number of thioether (sulfide) groups is 1. The van der Waals surface area contributed by atoms with E-state index < -0.39 is 5.97 Å². The molecule has 1 rings (SSSR count). The first-order valence-corrected chi connectivity index (χ1v) is 9.40. The molecule has 1 saturated heterocycles. The van der Waals surface area contributed by atoms with E-state index in [2.05, 4.69) is 18.8 Å². The van der Waals surface area contributed by atoms with Gasteiger partial charge in [-0.3, -0.25) is 14.7 Å². The van der Waals surface area contributed by atoms with E-state index in [-0.39, 0.29) is 10.8 Å². The average Bonchev–Trinajstić information content (AvgIpc) is 2.79. The number of carbonyl (C=O) groups excluding carboxylic acids is 1. The second-order valence-electron chi connectivity index (χ2n) is 5.69. The number of aliphatic carboxylic acids is 1. The Hall–Kier alpha value is -1.30. The van der Waals surface area contributed by atoms with E-state index in [1.54, 1.807) is 4.90 Å². The Morgan fingerprint density at radius 3 is 2.39 bits per heavy atom. The molecule has 0 spiro atoms. The first kappa shape index (κ1) is 19.7. The molecule has 0 saturated carbocycles. The van der Waals surface area contributed by atoms with Gasteiger partial charge in [0.25, 0.3) is 5.91 Å². The zero-order chi connectivity index (χ0) is 17.1. The zero-order valence-corrected chi connectivity index (χ0v) is 15.0. The van der Waals surface area contributed by atoms with E-state index in [1.807, 2.05) is 0 Å². The number of amides is 1. The number of carboxylic acids is 1. The second kappa shape index (κ2) is 11.3. The molecule has 0 aromatic carbocycles. The minimum Gasteiger partial charge on any atom is -0.478 e. The number of hydrogen-bond acceptors (Lipinski definition) is 4. The van der Waals surface area contributed by atoms with Crippen LogP contribution in [0.1, 0.15) is 65.2 Å². The maximum atomic E-state index is 12.3. The highest BCUT2D eigenvalue weighted by Gasteiger charge is 2.33. The van der Waals surface area contributed by atoms with E-state index in [4.69, 9.17) is 5.11 Å². The molecule has 1 heterocycles. The fourth-order valence-corrected chi connectivity index (χ4v) is 3.34. The van der Waals surface area contributed by atoms with Crippen LogP contribution in [0.15, 0.2) is 16.0 Å². The smallest absolute Gasteiger partial charge is 0.329 e. The Bertz CT molecular complexity index is 461. The molecule has 0 radical (unpaired) electrons. The van der Waals surface area contributed by atoms with Gasteiger partial charge in [-0.2, -0.15) is 0 Å². The van der Waals surface area contributed by atoms with Gasteiger partial charge in [-0.15, -0.1) is 0 Å². The van der Waals surface area contributed by atoms with Gasteiger partial charge in [0.1, 0.15) is 0 Å². The molecule has 1 amide bonds. The number of carbonyl (C=O) groups is 2. The van der Waals surface area contributed by atoms with Crippen LogP contribution in [-0.4, -0.2) is 40.1 Å². The number of unbranched alkanes of at least 4 members (excludes halogenated alkanes) is 6. The third-order valence-corrected chi connectivity index (χ3v) is 4.68. The Morgan fingerprint density at radius 1 is 1.13 bits per heavy atom. The SMILES string of the molecule is CCCCCCN=C1S/C(=C\C(=O)O)C(=O)N1CCCCCC. The van der Waals surface area contributed by atoms with Crippen molar-refractivity contribution >= 4 is 28.8 Å². The summed E-state index contributed by atoms with van der Waals surface area (Å²) in [6.45, 7) is 5.63. The maximum Gasteiger partial charge on any atom is 0.329 e. The van der Waals surface area contributed by atoms with Gasteiger partial charge in [0.2, 0.25) is 0 Å². The van der Waals surface area contributed by atoms with E-state index in [1.165, 1.54) is 24.6 Å². The van der Waals surface area contributed by atoms with Crippen LogP contribution in [0, 0.1) is 0 Å². The predicted octanol–water partition coefficient (Wildman–Crippen LogP) is 4.05. The topological polar surface area (TPSA) is 70.0 Å². The van der Waals surface area contributed by atoms with Gasteiger partial charge >= 0.3 is 5.97 Å². The van der Waals surface area contributed by atoms with Gasteiger partial charge < -0.3 is 5.11 Å². The van der Waals surface area contributed by atoms with Crippen LogP contribution in [0.25, 0.3) is 0 Å². The van der Waals surface area contributed by atoms with Crippen LogP contribution in [0.2, 0.25) is 0 Å². The number of nitrogens with zero attached hydrogens (tertiary/aromatic N) is 2. The van der Waals surface area contributed by atoms with Crippen molar-refractivity contribution in [2.24, 2.45) is 4.99 Å². The van der Waals surface area contributed by atoms with E-state index in [0.29, 0.717) is 18.3 Å². The third-order valence-electron chi connectivity index (χ3n) is 3.64. The Kier molecular flexibility index (Phi) is 9.67. The molecular weight excluding hydrogens is 312 g/mol. The number of rotatable bonds is 11. The summed E-state index contributed by atoms with van der Waals surface area (Å²) in [5, 5.41) is 9.55. The Balaban J connectivity index is 2.67. The van der Waals surface area contributed by atoms with Gasteiger partial charge in [0, 0.05) is 19.2 Å². The van der Waals surface area contributed by atoms with Crippen molar-refractivity contribution in [1.82, 2.24) is 4.90 Å². The summed E-state index contributed by atoms with van der Waals surface area (Å²) in [6, 6.07) is 0. The van der Waals surface area contributed by atoms with Gasteiger partial charge in [-0.05, 0) is 24.6 Å². The number of amidine groups is 1. The second-order valence-corrected chi connectivity index (χ2v) is 6.70. The fraction of sp³-hybridized carbons (Fsp3) is 0.706. The number of aliphatic imine (C=N–C) groups is 1. The molecule has 0 bridgehead atoms. The van der Waals surface area contributed by atoms with Crippen LogP contribution < -0.4 is 0 Å². The van der Waals surface area contributed by atoms with Crippen molar-refractivity contribution in [1.29, 1.82) is 0 Å². The van der Waals surface area contributed by atoms with E-state index in [9.17, 15) is 9.59 Å². The van der Waals surface area contributed by atoms with Gasteiger partial charge in [0.05, 0.1) is 4.91 Å². The minimum absolute atomic E-state index is 0.221. The Labute approximate surface area is 143 Å². The fourth-order valence-electron chi connectivity index (χ4n) is 2.35. The van der Waals surface area contributed by atoms with Crippen molar-refractivity contribution < 1.29 is 14.7 Å². The third kappa shape index (κ3) is 7.20. The highest BCUT2D eigenvalue weighted by atomic mass is 32.2. The maximum absolute atomic E-state index is 12.3. The molecule has 6 heteroatoms. The lowest BCUT2D eigenvalue weighted by Gasteiger charge is -2.15. The van der Waals surface area contributed by atoms with Crippen molar-refractivity contribution in [2.45, 2.75) is 65.2 Å². The van der Waals surface area contributed by atoms with Gasteiger partial charge in [-0.1, -0.05) is 52.4 Å². The Morgan fingerprint density at radius 2 is 1.78 bits per heavy atom. The summed E-state index contributed by atoms with van der Waals surface area (Å²) in [6.07, 6.45) is 9.81. The van der Waals surface area contributed by atoms with Crippen LogP contribution >= 0.6 is 11.8 Å². The van der Waals surface area contributed by atoms with E-state index >= 15 is 0 Å². The summed E-state index contributed by atoms with van der Waals surface area (Å²) >= 11 is 1.19. The van der Waals surface area contributed by atoms with Crippen molar-refractivity contribution in [2.75, 3.05) is 13.1 Å². The van der Waals surface area contributed by atoms with Crippen LogP contribution in [0.4, 0.5) is 0 Å². The zero-order valence-electron chi connectivity index (χ0n) is 14.2. The largest absolute Gasteiger partial charge is 0.478 e. The highest BCUT2D eigenvalue weighted by Crippen LogP contribution is 2.31. The first-order valence-electron chi connectivity index (χ1n) is 8.58. The van der Waals surface area contributed by atoms with E-state index in [0.717, 1.165) is 44.6 Å². The van der Waals surface area contributed by atoms with Crippen LogP contribution in [0.3, 0.4) is 0 Å². The summed E-state index contributed by atoms with van der Waals surface area (Å²) in [5.41, 5.74) is 0. The molecule has 1 fully saturated rings. The molecule has 0 atom stereocenters. The molecule has 1 aliphatic heterocycles. The molecule has 0 unspecified atom stereocenters. The molecule has 1 N–H and O–H groups in total. The molecule has 1 aliphatic rings. The standard InChI is InChI=1S/C17H28N2O3S/c1-3-5-7-9-11-18-17-19(12-10-8-6-4-2)16(22)14(23-17)13-15(20)21/h13H,3-12H2,1-2H3,(H,20,21)/b14-13-,18-17?. The predicted molar refractivity (Wildman–Crippen MR) is 95.6 cm³/mol. The normalized spacial score (nSPS) is 18.3. The van der Waals surface area contributed by atoms with Crippen molar-refractivity contribution in [3.63, 3.8) is 0 Å². The van der Waals surface area contributed by atoms with Gasteiger partial charge in [0.15, 0.2) is 5.17 Å². The molecule has 5 nitrogen and oxygen atoms in total. The molecule has 0 aromatic rings. The lowest BCUT2D eigenvalue weighted by Crippen LogP contribution is -2.30. The van der Waals surface area contributed by atoms with Gasteiger partial charge in [-0.25, -0.2) is 4.79 Å². The quantitative estimate of drug-likeness (QED) is 0.455. The van der Waals surface area contributed by atoms with Crippen molar-refractivity contribution in [3.05, 3.63) is 11.0 Å². The number of hydrogen-bond donors (Lipinski definition) is 1. The summed E-state index contributed by atoms with van der Waals surface area (Å²) < 4.78 is 0. The highest BCUT2D eigenvalue weighted by molar-refractivity contribution is 8.18. The lowest BCUT2D eigenvalue weighted by molar-refractivity contribution is -0.132. The van der Waals surface area contributed by atoms with Crippen molar-refractivity contribution in [3.8, 4) is 0 Å². The summed E-state index contributed by atoms with van der Waals surface area (Å²) in [5.74, 6) is -1.31. The molecule has 130 valence electrons. The lowest BCUT2D eigenvalue weighted by atomic mass is 10.2. The summed E-state index contributed by atoms with van der Waals surface area (Å²) in [4.78, 5) is 29.6. The van der Waals surface area contributed by atoms with Crippen LogP contribution in [-0.2, 0) is 9.59 Å². The monoisotopic (exact) mass is 340 g/mol. The molecule has 0 aromatic heterocycles. The average molecular weight is 340 g/mol. The summed E-state index contributed by atoms with van der Waals surface area (Å²) in [7, 11) is 0. The first-order chi connectivity index (χ1) is 11.1. The number of carboxylic acid groups (broad SMARTS) is 1. The molecular formula is C17H28N2O3S. The van der Waals surface area contributed by atoms with Crippen LogP contribution in [0.5, 0.6) is 0 Å². The minimum atomic E-state index is -1.09.